The van der Waals surface area contributed by atoms with Crippen LogP contribution in [0.15, 0.2) is 72.8 Å². The van der Waals surface area contributed by atoms with E-state index in [2.05, 4.69) is 36.4 Å². The van der Waals surface area contributed by atoms with Crippen molar-refractivity contribution in [1.82, 2.24) is 0 Å². The SMILES string of the molecule is COc1cccc(OC)c1-c1ccccc1P(Oc1ccccc1)C1CCCCC1. The zero-order chi connectivity index (χ0) is 20.8. The largest absolute Gasteiger partial charge is 0.496 e. The third-order valence-corrected chi connectivity index (χ3v) is 8.14. The Kier molecular flexibility index (Phi) is 6.92. The molecule has 0 aliphatic heterocycles. The minimum Gasteiger partial charge on any atom is -0.496 e. The molecule has 4 rings (SSSR count). The fraction of sp³-hybridized carbons (Fsp3) is 0.308. The predicted molar refractivity (Wildman–Crippen MR) is 125 cm³/mol. The molecule has 0 N–H and O–H groups in total. The second-order valence-corrected chi connectivity index (χ2v) is 9.62. The van der Waals surface area contributed by atoms with Gasteiger partial charge in [-0.25, -0.2) is 0 Å². The Hall–Kier alpha value is -2.51. The molecule has 156 valence electrons. The van der Waals surface area contributed by atoms with E-state index in [4.69, 9.17) is 14.0 Å². The summed E-state index contributed by atoms with van der Waals surface area (Å²) in [6.07, 6.45) is 6.32. The standard InChI is InChI=1S/C26H29O3P/c1-27-23-17-11-18-24(28-2)26(23)22-16-9-10-19-25(22)30(21-14-7-4-8-15-21)29-20-12-5-3-6-13-20/h3,5-6,9-13,16-19,21H,4,7-8,14-15H2,1-2H3. The van der Waals surface area contributed by atoms with E-state index in [0.717, 1.165) is 28.4 Å². The number of ether oxygens (including phenoxy) is 2. The van der Waals surface area contributed by atoms with Crippen LogP contribution in [0.2, 0.25) is 0 Å². The fourth-order valence-electron chi connectivity index (χ4n) is 4.22. The highest BCUT2D eigenvalue weighted by Crippen LogP contribution is 2.51. The molecule has 0 radical (unpaired) electrons. The van der Waals surface area contributed by atoms with Gasteiger partial charge in [0.05, 0.1) is 19.8 Å². The summed E-state index contributed by atoms with van der Waals surface area (Å²) in [6, 6.07) is 24.8. The third-order valence-electron chi connectivity index (χ3n) is 5.69. The molecule has 0 aromatic heterocycles. The number of para-hydroxylation sites is 1. The molecule has 0 bridgehead atoms. The van der Waals surface area contributed by atoms with Crippen molar-refractivity contribution in [3.05, 3.63) is 72.8 Å². The summed E-state index contributed by atoms with van der Waals surface area (Å²) in [5.74, 6) is 2.58. The molecule has 0 spiro atoms. The van der Waals surface area contributed by atoms with E-state index in [9.17, 15) is 0 Å². The molecular formula is C26H29O3P. The summed E-state index contributed by atoms with van der Waals surface area (Å²) in [4.78, 5) is 0. The zero-order valence-corrected chi connectivity index (χ0v) is 18.6. The molecule has 30 heavy (non-hydrogen) atoms. The van der Waals surface area contributed by atoms with Gasteiger partial charge in [0.2, 0.25) is 0 Å². The van der Waals surface area contributed by atoms with E-state index >= 15 is 0 Å². The van der Waals surface area contributed by atoms with Crippen LogP contribution in [-0.4, -0.2) is 19.9 Å². The van der Waals surface area contributed by atoms with Crippen molar-refractivity contribution in [3.63, 3.8) is 0 Å². The van der Waals surface area contributed by atoms with Crippen LogP contribution in [0, 0.1) is 0 Å². The molecule has 4 heteroatoms. The van der Waals surface area contributed by atoms with Crippen LogP contribution in [0.5, 0.6) is 17.2 Å². The zero-order valence-electron chi connectivity index (χ0n) is 17.7. The maximum atomic E-state index is 6.73. The van der Waals surface area contributed by atoms with Gasteiger partial charge in [-0.1, -0.05) is 67.8 Å². The molecule has 1 unspecified atom stereocenters. The van der Waals surface area contributed by atoms with Gasteiger partial charge in [0.1, 0.15) is 25.4 Å². The van der Waals surface area contributed by atoms with Gasteiger partial charge in [0.15, 0.2) is 0 Å². The highest BCUT2D eigenvalue weighted by molar-refractivity contribution is 7.62. The highest BCUT2D eigenvalue weighted by atomic mass is 31.1. The van der Waals surface area contributed by atoms with Gasteiger partial charge < -0.3 is 14.0 Å². The first-order valence-electron chi connectivity index (χ1n) is 10.6. The van der Waals surface area contributed by atoms with E-state index in [1.807, 2.05) is 36.4 Å². The number of benzene rings is 3. The van der Waals surface area contributed by atoms with Gasteiger partial charge in [-0.15, -0.1) is 0 Å². The van der Waals surface area contributed by atoms with Crippen LogP contribution >= 0.6 is 8.15 Å². The van der Waals surface area contributed by atoms with Crippen molar-refractivity contribution in [1.29, 1.82) is 0 Å². The molecule has 3 nitrogen and oxygen atoms in total. The Balaban J connectivity index is 1.83. The fourth-order valence-corrected chi connectivity index (χ4v) is 6.71. The van der Waals surface area contributed by atoms with Gasteiger partial charge in [-0.05, 0) is 37.1 Å². The Morgan fingerprint density at radius 3 is 2.00 bits per heavy atom. The van der Waals surface area contributed by atoms with Crippen molar-refractivity contribution < 1.29 is 14.0 Å². The first-order valence-corrected chi connectivity index (χ1v) is 12.0. The summed E-state index contributed by atoms with van der Waals surface area (Å²) in [6.45, 7) is 0. The predicted octanol–water partition coefficient (Wildman–Crippen LogP) is 6.80. The lowest BCUT2D eigenvalue weighted by Gasteiger charge is -2.32. The van der Waals surface area contributed by atoms with Crippen molar-refractivity contribution in [2.45, 2.75) is 37.8 Å². The van der Waals surface area contributed by atoms with Gasteiger partial charge in [0.25, 0.3) is 0 Å². The van der Waals surface area contributed by atoms with Crippen molar-refractivity contribution in [2.75, 3.05) is 14.2 Å². The molecular weight excluding hydrogens is 391 g/mol. The summed E-state index contributed by atoms with van der Waals surface area (Å²) < 4.78 is 18.2. The van der Waals surface area contributed by atoms with E-state index in [0.29, 0.717) is 5.66 Å². The number of hydrogen-bond donors (Lipinski definition) is 0. The van der Waals surface area contributed by atoms with Crippen molar-refractivity contribution in [2.24, 2.45) is 0 Å². The van der Waals surface area contributed by atoms with Crippen LogP contribution in [0.4, 0.5) is 0 Å². The van der Waals surface area contributed by atoms with E-state index in [-0.39, 0.29) is 0 Å². The summed E-state index contributed by atoms with van der Waals surface area (Å²) in [5.41, 5.74) is 2.69. The second-order valence-electron chi connectivity index (χ2n) is 7.58. The average molecular weight is 420 g/mol. The smallest absolute Gasteiger partial charge is 0.130 e. The van der Waals surface area contributed by atoms with Gasteiger partial charge >= 0.3 is 0 Å². The molecule has 3 aromatic carbocycles. The van der Waals surface area contributed by atoms with Gasteiger partial charge in [0, 0.05) is 16.5 Å². The van der Waals surface area contributed by atoms with Gasteiger partial charge in [-0.3, -0.25) is 0 Å². The maximum Gasteiger partial charge on any atom is 0.130 e. The minimum atomic E-state index is -0.841. The number of rotatable bonds is 7. The summed E-state index contributed by atoms with van der Waals surface area (Å²) >= 11 is 0. The Morgan fingerprint density at radius 1 is 0.700 bits per heavy atom. The van der Waals surface area contributed by atoms with E-state index in [1.165, 1.54) is 37.4 Å². The monoisotopic (exact) mass is 420 g/mol. The topological polar surface area (TPSA) is 27.7 Å². The first-order chi connectivity index (χ1) is 14.8. The molecule has 0 heterocycles. The quantitative estimate of drug-likeness (QED) is 0.393. The average Bonchev–Trinajstić information content (AvgIpc) is 2.83. The van der Waals surface area contributed by atoms with Crippen LogP contribution < -0.4 is 19.3 Å². The first kappa shape index (κ1) is 20.8. The molecule has 1 fully saturated rings. The van der Waals surface area contributed by atoms with Crippen LogP contribution in [-0.2, 0) is 0 Å². The van der Waals surface area contributed by atoms with E-state index < -0.39 is 8.15 Å². The van der Waals surface area contributed by atoms with E-state index in [1.54, 1.807) is 14.2 Å². The molecule has 0 amide bonds. The Morgan fingerprint density at radius 2 is 1.33 bits per heavy atom. The molecule has 3 aromatic rings. The van der Waals surface area contributed by atoms with Crippen molar-refractivity contribution >= 4 is 13.5 Å². The molecule has 1 saturated carbocycles. The molecule has 0 saturated heterocycles. The number of hydrogen-bond acceptors (Lipinski definition) is 3. The summed E-state index contributed by atoms with van der Waals surface area (Å²) in [7, 11) is 2.59. The molecule has 1 aliphatic carbocycles. The van der Waals surface area contributed by atoms with Crippen LogP contribution in [0.25, 0.3) is 11.1 Å². The van der Waals surface area contributed by atoms with Gasteiger partial charge in [-0.2, -0.15) is 0 Å². The Labute approximate surface area is 180 Å². The summed E-state index contributed by atoms with van der Waals surface area (Å²) in [5, 5.41) is 1.26. The number of methoxy groups -OCH3 is 2. The highest BCUT2D eigenvalue weighted by Gasteiger charge is 2.31. The Bertz CT molecular complexity index is 929. The molecule has 1 aliphatic rings. The third kappa shape index (κ3) is 4.47. The van der Waals surface area contributed by atoms with Crippen molar-refractivity contribution in [3.8, 4) is 28.4 Å². The van der Waals surface area contributed by atoms with Crippen LogP contribution in [0.3, 0.4) is 0 Å². The second kappa shape index (κ2) is 10.00. The maximum absolute atomic E-state index is 6.73. The lowest BCUT2D eigenvalue weighted by atomic mass is 10.0. The lowest BCUT2D eigenvalue weighted by Crippen LogP contribution is -2.21. The minimum absolute atomic E-state index is 0.552. The lowest BCUT2D eigenvalue weighted by molar-refractivity contribution is 0.397. The molecule has 1 atom stereocenters. The van der Waals surface area contributed by atoms with Crippen LogP contribution in [0.1, 0.15) is 32.1 Å². The normalized spacial score (nSPS) is 15.4.